The number of benzene rings is 1. The van der Waals surface area contributed by atoms with Crippen molar-refractivity contribution in [3.05, 3.63) is 50.7 Å². The molecule has 104 valence electrons. The number of aliphatic carboxylic acids is 1. The third-order valence-electron chi connectivity index (χ3n) is 2.83. The van der Waals surface area contributed by atoms with Crippen LogP contribution in [0.1, 0.15) is 17.0 Å². The van der Waals surface area contributed by atoms with E-state index in [9.17, 15) is 4.79 Å². The van der Waals surface area contributed by atoms with Crippen LogP contribution in [0.5, 0.6) is 0 Å². The lowest BCUT2D eigenvalue weighted by molar-refractivity contribution is -0.131. The summed E-state index contributed by atoms with van der Waals surface area (Å²) in [5.41, 5.74) is 3.25. The molecule has 2 rings (SSSR count). The van der Waals surface area contributed by atoms with Crippen LogP contribution in [0, 0.1) is 13.8 Å². The van der Waals surface area contributed by atoms with Gasteiger partial charge in [0.2, 0.25) is 0 Å². The first-order valence-corrected chi connectivity index (χ1v) is 7.00. The van der Waals surface area contributed by atoms with E-state index in [4.69, 9.17) is 16.7 Å². The van der Waals surface area contributed by atoms with Crippen molar-refractivity contribution in [1.82, 2.24) is 9.78 Å². The predicted molar refractivity (Wildman–Crippen MR) is 82.4 cm³/mol. The second-order valence-electron chi connectivity index (χ2n) is 4.27. The van der Waals surface area contributed by atoms with Gasteiger partial charge in [-0.1, -0.05) is 17.7 Å². The number of rotatable bonds is 3. The summed E-state index contributed by atoms with van der Waals surface area (Å²) in [4.78, 5) is 10.7. The van der Waals surface area contributed by atoms with Crippen molar-refractivity contribution in [3.63, 3.8) is 0 Å². The Hall–Kier alpha value is -1.59. The van der Waals surface area contributed by atoms with Crippen LogP contribution < -0.4 is 0 Å². The zero-order valence-electron chi connectivity index (χ0n) is 10.9. The molecule has 0 radical (unpaired) electrons. The molecule has 0 spiro atoms. The third-order valence-corrected chi connectivity index (χ3v) is 4.21. The van der Waals surface area contributed by atoms with Gasteiger partial charge < -0.3 is 5.11 Å². The van der Waals surface area contributed by atoms with Crippen molar-refractivity contribution < 1.29 is 9.90 Å². The van der Waals surface area contributed by atoms with Crippen molar-refractivity contribution in [2.24, 2.45) is 0 Å². The molecule has 0 bridgehead atoms. The molecule has 0 amide bonds. The largest absolute Gasteiger partial charge is 0.478 e. The van der Waals surface area contributed by atoms with Crippen LogP contribution in [-0.2, 0) is 4.79 Å². The first-order valence-electron chi connectivity index (χ1n) is 5.83. The zero-order valence-corrected chi connectivity index (χ0v) is 13.2. The van der Waals surface area contributed by atoms with Gasteiger partial charge in [-0.05, 0) is 48.0 Å². The van der Waals surface area contributed by atoms with Crippen LogP contribution >= 0.6 is 27.5 Å². The highest BCUT2D eigenvalue weighted by Gasteiger charge is 2.13. The Labute approximate surface area is 129 Å². The van der Waals surface area contributed by atoms with Crippen molar-refractivity contribution >= 4 is 39.6 Å². The average molecular weight is 356 g/mol. The summed E-state index contributed by atoms with van der Waals surface area (Å²) < 4.78 is 2.66. The van der Waals surface area contributed by atoms with Crippen LogP contribution in [0.25, 0.3) is 11.8 Å². The quantitative estimate of drug-likeness (QED) is 0.847. The number of carboxylic acid groups (broad SMARTS) is 1. The van der Waals surface area contributed by atoms with Crippen LogP contribution in [0.2, 0.25) is 5.02 Å². The number of aromatic nitrogens is 2. The van der Waals surface area contributed by atoms with E-state index < -0.39 is 5.97 Å². The Balaban J connectivity index is 2.62. The van der Waals surface area contributed by atoms with Crippen LogP contribution in [0.4, 0.5) is 0 Å². The maximum atomic E-state index is 10.7. The summed E-state index contributed by atoms with van der Waals surface area (Å²) in [6, 6.07) is 5.24. The second kappa shape index (κ2) is 5.81. The normalized spacial score (nSPS) is 11.2. The molecule has 1 aromatic carbocycles. The van der Waals surface area contributed by atoms with E-state index in [2.05, 4.69) is 21.0 Å². The Morgan fingerprint density at radius 2 is 2.15 bits per heavy atom. The van der Waals surface area contributed by atoms with Crippen LogP contribution in [0.15, 0.2) is 28.7 Å². The number of hydrogen-bond acceptors (Lipinski definition) is 2. The van der Waals surface area contributed by atoms with Gasteiger partial charge in [0, 0.05) is 16.7 Å². The third kappa shape index (κ3) is 2.94. The molecule has 0 aliphatic rings. The van der Waals surface area contributed by atoms with E-state index in [1.54, 1.807) is 22.9 Å². The summed E-state index contributed by atoms with van der Waals surface area (Å²) in [5.74, 6) is -1.000. The molecule has 0 atom stereocenters. The van der Waals surface area contributed by atoms with Gasteiger partial charge in [-0.15, -0.1) is 0 Å². The topological polar surface area (TPSA) is 55.1 Å². The summed E-state index contributed by atoms with van der Waals surface area (Å²) in [6.45, 7) is 3.82. The average Bonchev–Trinajstić information content (AvgIpc) is 2.65. The van der Waals surface area contributed by atoms with Crippen molar-refractivity contribution in [2.45, 2.75) is 13.8 Å². The smallest absolute Gasteiger partial charge is 0.328 e. The van der Waals surface area contributed by atoms with E-state index in [1.165, 1.54) is 6.08 Å². The summed E-state index contributed by atoms with van der Waals surface area (Å²) >= 11 is 9.51. The molecule has 0 aliphatic heterocycles. The fourth-order valence-corrected chi connectivity index (χ4v) is 2.27. The molecule has 2 aromatic rings. The van der Waals surface area contributed by atoms with Gasteiger partial charge in [0.25, 0.3) is 0 Å². The number of nitrogens with zero attached hydrogens (tertiary/aromatic N) is 2. The van der Waals surface area contributed by atoms with Gasteiger partial charge in [-0.2, -0.15) is 5.10 Å². The lowest BCUT2D eigenvalue weighted by Gasteiger charge is -2.09. The molecular formula is C14H12BrClN2O2. The van der Waals surface area contributed by atoms with Crippen molar-refractivity contribution in [3.8, 4) is 5.69 Å². The van der Waals surface area contributed by atoms with Crippen LogP contribution in [-0.4, -0.2) is 20.9 Å². The molecular weight excluding hydrogens is 344 g/mol. The molecule has 0 aliphatic carbocycles. The first kappa shape index (κ1) is 14.8. The molecule has 1 heterocycles. The van der Waals surface area contributed by atoms with Crippen LogP contribution in [0.3, 0.4) is 0 Å². The summed E-state index contributed by atoms with van der Waals surface area (Å²) in [6.07, 6.45) is 2.62. The Bertz CT molecular complexity index is 707. The minimum atomic E-state index is -1.000. The minimum Gasteiger partial charge on any atom is -0.478 e. The first-order chi connectivity index (χ1) is 9.40. The second-order valence-corrected chi connectivity index (χ2v) is 5.50. The van der Waals surface area contributed by atoms with Gasteiger partial charge in [-0.25, -0.2) is 9.48 Å². The molecule has 4 nitrogen and oxygen atoms in total. The molecule has 6 heteroatoms. The number of carbonyl (C=O) groups is 1. The number of carboxylic acids is 1. The van der Waals surface area contributed by atoms with E-state index in [0.29, 0.717) is 5.02 Å². The standard InChI is InChI=1S/C14H12BrClN2O2/c1-8-14(15)9(2)18(17-8)12-7-11(16)5-3-10(12)4-6-13(19)20/h3-7H,1-2H3,(H,19,20)/b6-4+. The summed E-state index contributed by atoms with van der Waals surface area (Å²) in [5, 5.41) is 13.8. The SMILES string of the molecule is Cc1nn(-c2cc(Cl)ccc2/C=C/C(=O)O)c(C)c1Br. The highest BCUT2D eigenvalue weighted by Crippen LogP contribution is 2.27. The Morgan fingerprint density at radius 1 is 1.45 bits per heavy atom. The molecule has 0 saturated carbocycles. The van der Waals surface area contributed by atoms with E-state index in [1.807, 2.05) is 13.8 Å². The lowest BCUT2D eigenvalue weighted by Crippen LogP contribution is -2.02. The zero-order chi connectivity index (χ0) is 14.9. The van der Waals surface area contributed by atoms with E-state index >= 15 is 0 Å². The van der Waals surface area contributed by atoms with Gasteiger partial charge in [0.1, 0.15) is 0 Å². The van der Waals surface area contributed by atoms with Gasteiger partial charge in [0.05, 0.1) is 21.5 Å². The maximum Gasteiger partial charge on any atom is 0.328 e. The highest BCUT2D eigenvalue weighted by molar-refractivity contribution is 9.10. The van der Waals surface area contributed by atoms with Crippen molar-refractivity contribution in [2.75, 3.05) is 0 Å². The molecule has 20 heavy (non-hydrogen) atoms. The maximum absolute atomic E-state index is 10.7. The number of aryl methyl sites for hydroxylation is 1. The van der Waals surface area contributed by atoms with E-state index in [-0.39, 0.29) is 0 Å². The van der Waals surface area contributed by atoms with Gasteiger partial charge in [0.15, 0.2) is 0 Å². The molecule has 1 aromatic heterocycles. The van der Waals surface area contributed by atoms with Gasteiger partial charge >= 0.3 is 5.97 Å². The molecule has 0 fully saturated rings. The fraction of sp³-hybridized carbons (Fsp3) is 0.143. The van der Waals surface area contributed by atoms with Crippen molar-refractivity contribution in [1.29, 1.82) is 0 Å². The number of hydrogen-bond donors (Lipinski definition) is 1. The highest BCUT2D eigenvalue weighted by atomic mass is 79.9. The molecule has 0 saturated heterocycles. The van der Waals surface area contributed by atoms with Gasteiger partial charge in [-0.3, -0.25) is 0 Å². The monoisotopic (exact) mass is 354 g/mol. The Kier molecular flexibility index (Phi) is 4.30. The lowest BCUT2D eigenvalue weighted by atomic mass is 10.1. The molecule has 0 unspecified atom stereocenters. The minimum absolute atomic E-state index is 0.566. The summed E-state index contributed by atoms with van der Waals surface area (Å²) in [7, 11) is 0. The molecule has 1 N–H and O–H groups in total. The fourth-order valence-electron chi connectivity index (χ4n) is 1.86. The number of halogens is 2. The Morgan fingerprint density at radius 3 is 2.70 bits per heavy atom. The van der Waals surface area contributed by atoms with E-state index in [0.717, 1.165) is 33.2 Å². The predicted octanol–water partition coefficient (Wildman–Crippen LogP) is 4.00.